The summed E-state index contributed by atoms with van der Waals surface area (Å²) in [5.74, 6) is 0.583. The fourth-order valence-corrected chi connectivity index (χ4v) is 4.39. The quantitative estimate of drug-likeness (QED) is 0.327. The first-order valence-electron chi connectivity index (χ1n) is 11.1. The molecule has 0 spiro atoms. The van der Waals surface area contributed by atoms with Crippen LogP contribution in [0, 0.1) is 5.82 Å². The minimum absolute atomic E-state index is 0. The molecule has 4 rings (SSSR count). The van der Waals surface area contributed by atoms with Crippen molar-refractivity contribution in [1.29, 1.82) is 0 Å². The third kappa shape index (κ3) is 6.55. The first-order valence-corrected chi connectivity index (χ1v) is 11.1. The largest absolute Gasteiger partial charge is 0.379 e. The highest BCUT2D eigenvalue weighted by Gasteiger charge is 2.26. The number of morpholine rings is 1. The van der Waals surface area contributed by atoms with Crippen LogP contribution in [0.2, 0.25) is 0 Å². The first kappa shape index (κ1) is 24.7. The van der Waals surface area contributed by atoms with E-state index in [0.717, 1.165) is 44.1 Å². The summed E-state index contributed by atoms with van der Waals surface area (Å²) in [6.07, 6.45) is 1.06. The van der Waals surface area contributed by atoms with Crippen LogP contribution in [0.4, 0.5) is 10.1 Å². The molecule has 0 bridgehead atoms. The van der Waals surface area contributed by atoms with Crippen LogP contribution >= 0.6 is 24.0 Å². The number of nitrogens with one attached hydrogen (secondary N) is 2. The maximum absolute atomic E-state index is 13.9. The molecule has 2 atom stereocenters. The van der Waals surface area contributed by atoms with Gasteiger partial charge in [0.25, 0.3) is 0 Å². The van der Waals surface area contributed by atoms with Crippen molar-refractivity contribution in [2.45, 2.75) is 18.5 Å². The number of halogens is 2. The zero-order valence-corrected chi connectivity index (χ0v) is 20.9. The van der Waals surface area contributed by atoms with E-state index in [2.05, 4.69) is 49.7 Å². The molecule has 2 N–H and O–H groups in total. The Balaban J connectivity index is 0.00000289. The van der Waals surface area contributed by atoms with Gasteiger partial charge in [0.2, 0.25) is 0 Å². The van der Waals surface area contributed by atoms with Gasteiger partial charge in [0.15, 0.2) is 5.96 Å². The van der Waals surface area contributed by atoms with Crippen molar-refractivity contribution in [3.63, 3.8) is 0 Å². The molecular weight excluding hydrogens is 520 g/mol. The lowest BCUT2D eigenvalue weighted by Crippen LogP contribution is -2.48. The topological polar surface area (TPSA) is 52.1 Å². The van der Waals surface area contributed by atoms with Crippen LogP contribution in [0.25, 0.3) is 0 Å². The number of nitrogens with zero attached hydrogens (tertiary/aromatic N) is 3. The number of guanidine groups is 1. The molecule has 2 aromatic rings. The van der Waals surface area contributed by atoms with Crippen LogP contribution in [0.15, 0.2) is 59.6 Å². The third-order valence-corrected chi connectivity index (χ3v) is 6.06. The number of benzene rings is 2. The Morgan fingerprint density at radius 1 is 1.12 bits per heavy atom. The van der Waals surface area contributed by atoms with Gasteiger partial charge in [0.05, 0.1) is 19.3 Å². The standard InChI is InChI=1S/C24H32FN5O.HI/c1-26-24(28-21-10-11-30(18-21)22-8-3-2-4-9-22)27-17-23(29-12-14-31-15-13-29)19-6-5-7-20(25)16-19;/h2-9,16,21,23H,10-15,17-18H2,1H3,(H2,26,27,28);1H. The molecule has 0 aliphatic carbocycles. The molecular formula is C24H33FIN5O. The molecule has 0 aromatic heterocycles. The van der Waals surface area contributed by atoms with E-state index in [4.69, 9.17) is 4.74 Å². The monoisotopic (exact) mass is 553 g/mol. The molecule has 0 radical (unpaired) electrons. The average Bonchev–Trinajstić information content (AvgIpc) is 3.28. The Kier molecular flexibility index (Phi) is 9.55. The lowest BCUT2D eigenvalue weighted by atomic mass is 10.0. The molecule has 2 aliphatic heterocycles. The molecule has 32 heavy (non-hydrogen) atoms. The molecule has 2 aliphatic rings. The van der Waals surface area contributed by atoms with Gasteiger partial charge >= 0.3 is 0 Å². The van der Waals surface area contributed by atoms with E-state index >= 15 is 0 Å². The van der Waals surface area contributed by atoms with Crippen LogP contribution in [-0.2, 0) is 4.74 Å². The number of para-hydroxylation sites is 1. The summed E-state index contributed by atoms with van der Waals surface area (Å²) in [5, 5.41) is 7.05. The Hall–Kier alpha value is -1.91. The molecule has 2 fully saturated rings. The molecule has 0 amide bonds. The van der Waals surface area contributed by atoms with Gasteiger partial charge in [-0.15, -0.1) is 24.0 Å². The maximum atomic E-state index is 13.9. The van der Waals surface area contributed by atoms with E-state index in [1.165, 1.54) is 11.8 Å². The normalized spacial score (nSPS) is 20.5. The smallest absolute Gasteiger partial charge is 0.191 e. The van der Waals surface area contributed by atoms with Crippen LogP contribution in [0.5, 0.6) is 0 Å². The summed E-state index contributed by atoms with van der Waals surface area (Å²) in [6, 6.07) is 17.8. The van der Waals surface area contributed by atoms with Gasteiger partial charge in [-0.2, -0.15) is 0 Å². The fourth-order valence-electron chi connectivity index (χ4n) is 4.39. The lowest BCUT2D eigenvalue weighted by molar-refractivity contribution is 0.0169. The molecule has 2 unspecified atom stereocenters. The van der Waals surface area contributed by atoms with Gasteiger partial charge < -0.3 is 20.3 Å². The van der Waals surface area contributed by atoms with Crippen molar-refractivity contribution < 1.29 is 9.13 Å². The average molecular weight is 553 g/mol. The highest BCUT2D eigenvalue weighted by atomic mass is 127. The van der Waals surface area contributed by atoms with Crippen molar-refractivity contribution in [3.8, 4) is 0 Å². The summed E-state index contributed by atoms with van der Waals surface area (Å²) in [5.41, 5.74) is 2.23. The van der Waals surface area contributed by atoms with E-state index in [1.54, 1.807) is 19.2 Å². The van der Waals surface area contributed by atoms with E-state index in [9.17, 15) is 4.39 Å². The zero-order chi connectivity index (χ0) is 21.5. The van der Waals surface area contributed by atoms with Crippen LogP contribution in [0.1, 0.15) is 18.0 Å². The minimum atomic E-state index is -0.203. The van der Waals surface area contributed by atoms with Gasteiger partial charge in [0, 0.05) is 51.5 Å². The fraction of sp³-hybridized carbons (Fsp3) is 0.458. The number of aliphatic imine (C=N–C) groups is 1. The molecule has 2 aromatic carbocycles. The molecule has 6 nitrogen and oxygen atoms in total. The Labute approximate surface area is 207 Å². The maximum Gasteiger partial charge on any atom is 0.191 e. The summed E-state index contributed by atoms with van der Waals surface area (Å²) in [4.78, 5) is 9.19. The molecule has 8 heteroatoms. The van der Waals surface area contributed by atoms with Gasteiger partial charge in [-0.25, -0.2) is 4.39 Å². The molecule has 0 saturated carbocycles. The SMILES string of the molecule is CN=C(NCC(c1cccc(F)c1)N1CCOCC1)NC1CCN(c2ccccc2)C1.I. The molecule has 2 heterocycles. The second-order valence-corrected chi connectivity index (χ2v) is 8.08. The van der Waals surface area contributed by atoms with Crippen molar-refractivity contribution in [3.05, 3.63) is 66.0 Å². The number of ether oxygens (including phenoxy) is 1. The van der Waals surface area contributed by atoms with Gasteiger partial charge in [0.1, 0.15) is 5.82 Å². The first-order chi connectivity index (χ1) is 15.2. The van der Waals surface area contributed by atoms with E-state index in [-0.39, 0.29) is 35.8 Å². The number of anilines is 1. The van der Waals surface area contributed by atoms with Gasteiger partial charge in [-0.1, -0.05) is 30.3 Å². The third-order valence-electron chi connectivity index (χ3n) is 6.06. The van der Waals surface area contributed by atoms with E-state index in [0.29, 0.717) is 25.8 Å². The van der Waals surface area contributed by atoms with Crippen molar-refractivity contribution in [2.75, 3.05) is 57.9 Å². The predicted molar refractivity (Wildman–Crippen MR) is 139 cm³/mol. The lowest BCUT2D eigenvalue weighted by Gasteiger charge is -2.35. The number of hydrogen-bond acceptors (Lipinski definition) is 4. The predicted octanol–water partition coefficient (Wildman–Crippen LogP) is 3.26. The van der Waals surface area contributed by atoms with Gasteiger partial charge in [-0.3, -0.25) is 9.89 Å². The summed E-state index contributed by atoms with van der Waals surface area (Å²) < 4.78 is 19.4. The minimum Gasteiger partial charge on any atom is -0.379 e. The Bertz CT molecular complexity index is 862. The van der Waals surface area contributed by atoms with Crippen LogP contribution < -0.4 is 15.5 Å². The number of rotatable bonds is 6. The van der Waals surface area contributed by atoms with Crippen molar-refractivity contribution >= 4 is 35.6 Å². The Morgan fingerprint density at radius 3 is 2.62 bits per heavy atom. The summed E-state index contributed by atoms with van der Waals surface area (Å²) in [6.45, 7) is 5.71. The second kappa shape index (κ2) is 12.4. The van der Waals surface area contributed by atoms with Crippen LogP contribution in [-0.4, -0.2) is 69.9 Å². The Morgan fingerprint density at radius 2 is 1.91 bits per heavy atom. The van der Waals surface area contributed by atoms with Crippen LogP contribution in [0.3, 0.4) is 0 Å². The van der Waals surface area contributed by atoms with Crippen molar-refractivity contribution in [1.82, 2.24) is 15.5 Å². The van der Waals surface area contributed by atoms with Gasteiger partial charge in [-0.05, 0) is 36.2 Å². The van der Waals surface area contributed by atoms with E-state index < -0.39 is 0 Å². The second-order valence-electron chi connectivity index (χ2n) is 8.08. The van der Waals surface area contributed by atoms with E-state index in [1.807, 2.05) is 12.1 Å². The highest BCUT2D eigenvalue weighted by Crippen LogP contribution is 2.22. The summed E-state index contributed by atoms with van der Waals surface area (Å²) in [7, 11) is 1.80. The summed E-state index contributed by atoms with van der Waals surface area (Å²) >= 11 is 0. The van der Waals surface area contributed by atoms with Crippen molar-refractivity contribution in [2.24, 2.45) is 4.99 Å². The molecule has 174 valence electrons. The molecule has 2 saturated heterocycles. The zero-order valence-electron chi connectivity index (χ0n) is 18.5. The number of hydrogen-bond donors (Lipinski definition) is 2. The highest BCUT2D eigenvalue weighted by molar-refractivity contribution is 14.0.